The van der Waals surface area contributed by atoms with Crippen LogP contribution in [0.15, 0.2) is 12.2 Å². The average molecular weight is 171 g/mol. The van der Waals surface area contributed by atoms with Crippen molar-refractivity contribution in [2.24, 2.45) is 0 Å². The third-order valence-corrected chi connectivity index (χ3v) is 1.24. The first kappa shape index (κ1) is 11.7. The van der Waals surface area contributed by atoms with Gasteiger partial charge in [-0.25, -0.2) is 0 Å². The highest BCUT2D eigenvalue weighted by atomic mass is 16.5. The van der Waals surface area contributed by atoms with Crippen LogP contribution in [-0.4, -0.2) is 25.3 Å². The van der Waals surface area contributed by atoms with E-state index in [1.807, 2.05) is 6.92 Å². The molecule has 0 aliphatic rings. The molecule has 0 bridgehead atoms. The molecule has 0 unspecified atom stereocenters. The van der Waals surface area contributed by atoms with Gasteiger partial charge in [-0.2, -0.15) is 0 Å². The second kappa shape index (κ2) is 5.33. The molecule has 2 heteroatoms. The Morgan fingerprint density at radius 2 is 2.00 bits per heavy atom. The molecule has 0 heterocycles. The normalized spacial score (nSPS) is 11.7. The molecule has 0 saturated heterocycles. The van der Waals surface area contributed by atoms with Crippen molar-refractivity contribution in [3.05, 3.63) is 12.2 Å². The second-order valence-electron chi connectivity index (χ2n) is 4.09. The van der Waals surface area contributed by atoms with E-state index in [2.05, 4.69) is 32.7 Å². The molecule has 0 atom stereocenters. The molecular formula is C10H21NO. The molecule has 12 heavy (non-hydrogen) atoms. The molecule has 0 aromatic rings. The lowest BCUT2D eigenvalue weighted by molar-refractivity contribution is -0.000544. The van der Waals surface area contributed by atoms with E-state index in [9.17, 15) is 0 Å². The molecular weight excluding hydrogens is 150 g/mol. The van der Waals surface area contributed by atoms with Crippen molar-refractivity contribution in [2.75, 3.05) is 19.7 Å². The van der Waals surface area contributed by atoms with E-state index in [0.29, 0.717) is 0 Å². The Kier molecular flexibility index (Phi) is 5.18. The quantitative estimate of drug-likeness (QED) is 0.504. The van der Waals surface area contributed by atoms with Gasteiger partial charge in [0.15, 0.2) is 0 Å². The topological polar surface area (TPSA) is 21.3 Å². The lowest BCUT2D eigenvalue weighted by atomic mass is 10.2. The van der Waals surface area contributed by atoms with Gasteiger partial charge in [0, 0.05) is 13.1 Å². The maximum Gasteiger partial charge on any atom is 0.0599 e. The lowest BCUT2D eigenvalue weighted by Crippen LogP contribution is -2.27. The van der Waals surface area contributed by atoms with Gasteiger partial charge in [-0.05, 0) is 27.7 Å². The standard InChI is InChI=1S/C10H21NO/c1-9(2)8-11-6-7-12-10(3,4)5/h11H,1,6-8H2,2-5H3. The molecule has 0 aromatic carbocycles. The van der Waals surface area contributed by atoms with Crippen LogP contribution >= 0.6 is 0 Å². The molecule has 0 rings (SSSR count). The third-order valence-electron chi connectivity index (χ3n) is 1.24. The van der Waals surface area contributed by atoms with Crippen molar-refractivity contribution in [1.29, 1.82) is 0 Å². The fraction of sp³-hybridized carbons (Fsp3) is 0.800. The average Bonchev–Trinajstić information content (AvgIpc) is 1.83. The molecule has 0 fully saturated rings. The molecule has 2 nitrogen and oxygen atoms in total. The van der Waals surface area contributed by atoms with Crippen LogP contribution in [0.1, 0.15) is 27.7 Å². The number of hydrogen-bond donors (Lipinski definition) is 1. The van der Waals surface area contributed by atoms with Crippen molar-refractivity contribution < 1.29 is 4.74 Å². The smallest absolute Gasteiger partial charge is 0.0599 e. The first-order valence-electron chi connectivity index (χ1n) is 4.41. The Labute approximate surface area is 76.0 Å². The van der Waals surface area contributed by atoms with Gasteiger partial charge in [-0.1, -0.05) is 12.2 Å². The van der Waals surface area contributed by atoms with Crippen LogP contribution < -0.4 is 5.32 Å². The first-order chi connectivity index (χ1) is 5.42. The molecule has 0 aromatic heterocycles. The van der Waals surface area contributed by atoms with Gasteiger partial charge < -0.3 is 10.1 Å². The Balaban J connectivity index is 3.17. The second-order valence-corrected chi connectivity index (χ2v) is 4.09. The maximum absolute atomic E-state index is 5.52. The van der Waals surface area contributed by atoms with Crippen LogP contribution in [0, 0.1) is 0 Å². The summed E-state index contributed by atoms with van der Waals surface area (Å²) in [5.41, 5.74) is 1.14. The summed E-state index contributed by atoms with van der Waals surface area (Å²) >= 11 is 0. The van der Waals surface area contributed by atoms with Gasteiger partial charge in [0.25, 0.3) is 0 Å². The van der Waals surface area contributed by atoms with Crippen molar-refractivity contribution >= 4 is 0 Å². The van der Waals surface area contributed by atoms with Crippen molar-refractivity contribution in [1.82, 2.24) is 5.32 Å². The Morgan fingerprint density at radius 1 is 1.42 bits per heavy atom. The summed E-state index contributed by atoms with van der Waals surface area (Å²) in [6.07, 6.45) is 0. The fourth-order valence-electron chi connectivity index (χ4n) is 0.731. The van der Waals surface area contributed by atoms with Gasteiger partial charge in [-0.15, -0.1) is 0 Å². The highest BCUT2D eigenvalue weighted by molar-refractivity contribution is 4.90. The van der Waals surface area contributed by atoms with Crippen molar-refractivity contribution in [3.8, 4) is 0 Å². The number of ether oxygens (including phenoxy) is 1. The van der Waals surface area contributed by atoms with E-state index in [4.69, 9.17) is 4.74 Å². The summed E-state index contributed by atoms with van der Waals surface area (Å²) in [5, 5.41) is 3.23. The first-order valence-corrected chi connectivity index (χ1v) is 4.41. The molecule has 1 N–H and O–H groups in total. The SMILES string of the molecule is C=C(C)CNCCOC(C)(C)C. The molecule has 0 amide bonds. The Hall–Kier alpha value is -0.340. The Bertz CT molecular complexity index is 135. The number of rotatable bonds is 5. The van der Waals surface area contributed by atoms with E-state index in [1.54, 1.807) is 0 Å². The summed E-state index contributed by atoms with van der Waals surface area (Å²) in [5.74, 6) is 0. The molecule has 0 radical (unpaired) electrons. The van der Waals surface area contributed by atoms with Crippen LogP contribution in [0.4, 0.5) is 0 Å². The molecule has 0 aliphatic carbocycles. The zero-order chi connectivity index (χ0) is 9.61. The monoisotopic (exact) mass is 171 g/mol. The van der Waals surface area contributed by atoms with Gasteiger partial charge in [0.2, 0.25) is 0 Å². The summed E-state index contributed by atoms with van der Waals surface area (Å²) in [6, 6.07) is 0. The lowest BCUT2D eigenvalue weighted by Gasteiger charge is -2.19. The Morgan fingerprint density at radius 3 is 2.42 bits per heavy atom. The van der Waals surface area contributed by atoms with E-state index < -0.39 is 0 Å². The van der Waals surface area contributed by atoms with Crippen LogP contribution in [0.5, 0.6) is 0 Å². The molecule has 0 spiro atoms. The predicted molar refractivity (Wildman–Crippen MR) is 53.4 cm³/mol. The third kappa shape index (κ3) is 9.66. The highest BCUT2D eigenvalue weighted by Gasteiger charge is 2.08. The van der Waals surface area contributed by atoms with Gasteiger partial charge in [0.1, 0.15) is 0 Å². The summed E-state index contributed by atoms with van der Waals surface area (Å²) < 4.78 is 5.52. The van der Waals surface area contributed by atoms with Crippen molar-refractivity contribution in [2.45, 2.75) is 33.3 Å². The molecule has 72 valence electrons. The minimum atomic E-state index is -0.0229. The zero-order valence-corrected chi connectivity index (χ0v) is 8.74. The summed E-state index contributed by atoms with van der Waals surface area (Å²) in [7, 11) is 0. The van der Waals surface area contributed by atoms with Crippen LogP contribution in [0.2, 0.25) is 0 Å². The molecule has 0 aliphatic heterocycles. The van der Waals surface area contributed by atoms with Crippen LogP contribution in [0.25, 0.3) is 0 Å². The predicted octanol–water partition coefficient (Wildman–Crippen LogP) is 1.97. The maximum atomic E-state index is 5.52. The molecule has 0 saturated carbocycles. The van der Waals surface area contributed by atoms with E-state index in [-0.39, 0.29) is 5.60 Å². The minimum absolute atomic E-state index is 0.0229. The zero-order valence-electron chi connectivity index (χ0n) is 8.74. The number of nitrogens with one attached hydrogen (secondary N) is 1. The van der Waals surface area contributed by atoms with Gasteiger partial charge >= 0.3 is 0 Å². The fourth-order valence-corrected chi connectivity index (χ4v) is 0.731. The van der Waals surface area contributed by atoms with E-state index in [0.717, 1.165) is 25.3 Å². The van der Waals surface area contributed by atoms with Crippen LogP contribution in [-0.2, 0) is 4.74 Å². The van der Waals surface area contributed by atoms with Crippen molar-refractivity contribution in [3.63, 3.8) is 0 Å². The van der Waals surface area contributed by atoms with E-state index in [1.165, 1.54) is 0 Å². The van der Waals surface area contributed by atoms with E-state index >= 15 is 0 Å². The number of hydrogen-bond acceptors (Lipinski definition) is 2. The largest absolute Gasteiger partial charge is 0.375 e. The summed E-state index contributed by atoms with van der Waals surface area (Å²) in [6.45, 7) is 14.5. The summed E-state index contributed by atoms with van der Waals surface area (Å²) in [4.78, 5) is 0. The minimum Gasteiger partial charge on any atom is -0.375 e. The highest BCUT2D eigenvalue weighted by Crippen LogP contribution is 2.04. The van der Waals surface area contributed by atoms with Gasteiger partial charge in [-0.3, -0.25) is 0 Å². The van der Waals surface area contributed by atoms with Gasteiger partial charge in [0.05, 0.1) is 12.2 Å². The van der Waals surface area contributed by atoms with Crippen LogP contribution in [0.3, 0.4) is 0 Å².